The Morgan fingerprint density at radius 2 is 1.05 bits per heavy atom. The third kappa shape index (κ3) is 10.0. The van der Waals surface area contributed by atoms with Gasteiger partial charge in [0.25, 0.3) is 0 Å². The van der Waals surface area contributed by atoms with Gasteiger partial charge in [0, 0.05) is 58.0 Å². The second-order valence-corrected chi connectivity index (χ2v) is 13.4. The van der Waals surface area contributed by atoms with Gasteiger partial charge in [-0.3, -0.25) is 9.59 Å². The lowest BCUT2D eigenvalue weighted by molar-refractivity contribution is -0.143. The zero-order chi connectivity index (χ0) is 40.8. The van der Waals surface area contributed by atoms with Crippen molar-refractivity contribution in [2.75, 3.05) is 55.6 Å². The minimum atomic E-state index is -0.865. The largest absolute Gasteiger partial charge is 0.468 e. The van der Waals surface area contributed by atoms with E-state index in [1.807, 2.05) is 91.9 Å². The maximum atomic E-state index is 13.2. The number of fused-ring (bicyclic) bond motifs is 2. The predicted octanol–water partition coefficient (Wildman–Crippen LogP) is 8.20. The van der Waals surface area contributed by atoms with Gasteiger partial charge in [-0.05, 0) is 72.9 Å². The zero-order valence-electron chi connectivity index (χ0n) is 33.0. The van der Waals surface area contributed by atoms with Gasteiger partial charge in [0.2, 0.25) is 0 Å². The summed E-state index contributed by atoms with van der Waals surface area (Å²) in [5, 5.41) is 0. The van der Waals surface area contributed by atoms with Crippen molar-refractivity contribution in [2.45, 2.75) is 42.9 Å². The standard InChI is InChI=1S/C23H26O6.C22H24O6/c1-5-6-20-19-12-11-18(28-15-26-4)13-21(19)29-22(24)23(20,2)16-7-9-17(10-8-16)27-14-25-3;1-4-5-19-18-11-10-17(27-14-25-3)12-20(18)28-22(23)21(19)15-6-8-16(9-7-15)26-13-24-2/h5,7-13,20H,1,6,14-15H2,2-4H3;4,6-12,19,21H,1,5,13-14H2,2-3H3/t20-,23-;/m1./s1. The van der Waals surface area contributed by atoms with Crippen LogP contribution >= 0.6 is 0 Å². The SMILES string of the molecule is C=CCC1c2ccc(OCOC)cc2OC(=O)C1c1ccc(OCOC)cc1.C=CC[C@@H]1c2ccc(OCOC)cc2OC(=O)[C@]1(C)c1ccc(OCOC)cc1. The summed E-state index contributed by atoms with van der Waals surface area (Å²) >= 11 is 0. The van der Waals surface area contributed by atoms with Crippen molar-refractivity contribution in [3.63, 3.8) is 0 Å². The number of rotatable bonds is 18. The van der Waals surface area contributed by atoms with Crippen LogP contribution in [0.1, 0.15) is 59.8 Å². The van der Waals surface area contributed by atoms with Crippen LogP contribution in [0.15, 0.2) is 110 Å². The molecule has 4 aromatic rings. The van der Waals surface area contributed by atoms with E-state index in [-0.39, 0.29) is 50.9 Å². The number of methoxy groups -OCH3 is 4. The van der Waals surface area contributed by atoms with Gasteiger partial charge in [0.1, 0.15) is 34.5 Å². The second kappa shape index (κ2) is 20.5. The molecule has 0 bridgehead atoms. The van der Waals surface area contributed by atoms with Crippen molar-refractivity contribution in [2.24, 2.45) is 0 Å². The molecule has 0 saturated heterocycles. The minimum absolute atomic E-state index is 0.0732. The molecule has 0 spiro atoms. The van der Waals surface area contributed by atoms with Gasteiger partial charge in [0.15, 0.2) is 27.2 Å². The van der Waals surface area contributed by atoms with Crippen LogP contribution in [0.4, 0.5) is 0 Å². The molecule has 4 aromatic carbocycles. The first kappa shape index (κ1) is 42.5. The Morgan fingerprint density at radius 1 is 0.596 bits per heavy atom. The summed E-state index contributed by atoms with van der Waals surface area (Å²) in [7, 11) is 6.23. The number of carbonyl (C=O) groups excluding carboxylic acids is 2. The average Bonchev–Trinajstić information content (AvgIpc) is 3.23. The molecule has 0 fully saturated rings. The van der Waals surface area contributed by atoms with E-state index in [9.17, 15) is 9.59 Å². The summed E-state index contributed by atoms with van der Waals surface area (Å²) in [5.41, 5.74) is 2.75. The molecule has 0 amide bonds. The van der Waals surface area contributed by atoms with E-state index < -0.39 is 11.3 Å². The van der Waals surface area contributed by atoms with Crippen LogP contribution in [0.5, 0.6) is 34.5 Å². The molecule has 0 aromatic heterocycles. The first-order valence-corrected chi connectivity index (χ1v) is 18.3. The molecule has 0 radical (unpaired) electrons. The highest BCUT2D eigenvalue weighted by Gasteiger charge is 2.49. The smallest absolute Gasteiger partial charge is 0.322 e. The average molecular weight is 783 g/mol. The van der Waals surface area contributed by atoms with Gasteiger partial charge in [-0.1, -0.05) is 48.6 Å². The van der Waals surface area contributed by atoms with Crippen LogP contribution in [0, 0.1) is 0 Å². The summed E-state index contributed by atoms with van der Waals surface area (Å²) in [5.74, 6) is 2.30. The quantitative estimate of drug-likeness (QED) is 0.0418. The van der Waals surface area contributed by atoms with Crippen molar-refractivity contribution < 1.29 is 57.0 Å². The molecule has 2 unspecified atom stereocenters. The molecule has 2 aliphatic heterocycles. The normalized spacial score (nSPS) is 19.4. The van der Waals surface area contributed by atoms with Crippen molar-refractivity contribution >= 4 is 11.9 Å². The van der Waals surface area contributed by atoms with Crippen LogP contribution in [0.25, 0.3) is 0 Å². The van der Waals surface area contributed by atoms with Crippen LogP contribution in [-0.2, 0) is 34.0 Å². The number of ether oxygens (including phenoxy) is 10. The number of benzene rings is 4. The topological polar surface area (TPSA) is 126 Å². The molecule has 12 heteroatoms. The molecule has 57 heavy (non-hydrogen) atoms. The van der Waals surface area contributed by atoms with Gasteiger partial charge < -0.3 is 47.4 Å². The fraction of sp³-hybridized carbons (Fsp3) is 0.333. The maximum Gasteiger partial charge on any atom is 0.322 e. The fourth-order valence-electron chi connectivity index (χ4n) is 6.99. The molecule has 6 rings (SSSR count). The summed E-state index contributed by atoms with van der Waals surface area (Å²) in [4.78, 5) is 26.0. The second-order valence-electron chi connectivity index (χ2n) is 13.4. The molecule has 2 aliphatic rings. The Kier molecular flexibility index (Phi) is 15.3. The van der Waals surface area contributed by atoms with E-state index in [1.165, 1.54) is 0 Å². The van der Waals surface area contributed by atoms with E-state index in [1.54, 1.807) is 40.6 Å². The number of hydrogen-bond donors (Lipinski definition) is 0. The monoisotopic (exact) mass is 782 g/mol. The van der Waals surface area contributed by atoms with Crippen molar-refractivity contribution in [1.29, 1.82) is 0 Å². The van der Waals surface area contributed by atoms with Gasteiger partial charge in [-0.25, -0.2) is 0 Å². The van der Waals surface area contributed by atoms with Gasteiger partial charge in [0.05, 0.1) is 11.3 Å². The highest BCUT2D eigenvalue weighted by atomic mass is 16.7. The van der Waals surface area contributed by atoms with E-state index >= 15 is 0 Å². The predicted molar refractivity (Wildman–Crippen MR) is 212 cm³/mol. The molecule has 0 N–H and O–H groups in total. The maximum absolute atomic E-state index is 13.2. The lowest BCUT2D eigenvalue weighted by atomic mass is 9.66. The third-order valence-electron chi connectivity index (χ3n) is 9.83. The lowest BCUT2D eigenvalue weighted by Crippen LogP contribution is -2.45. The van der Waals surface area contributed by atoms with Crippen molar-refractivity contribution in [1.82, 2.24) is 0 Å². The molecule has 0 saturated carbocycles. The van der Waals surface area contributed by atoms with Crippen LogP contribution in [0.2, 0.25) is 0 Å². The molecular formula is C45H50O12. The van der Waals surface area contributed by atoms with Crippen LogP contribution in [0.3, 0.4) is 0 Å². The number of allylic oxidation sites excluding steroid dienone is 2. The third-order valence-corrected chi connectivity index (χ3v) is 9.83. The van der Waals surface area contributed by atoms with Crippen molar-refractivity contribution in [3.8, 4) is 34.5 Å². The summed E-state index contributed by atoms with van der Waals surface area (Å²) in [6.07, 6.45) is 4.92. The van der Waals surface area contributed by atoms with E-state index in [2.05, 4.69) is 13.2 Å². The molecule has 2 heterocycles. The minimum Gasteiger partial charge on any atom is -0.468 e. The molecule has 12 nitrogen and oxygen atoms in total. The first-order valence-electron chi connectivity index (χ1n) is 18.3. The highest BCUT2D eigenvalue weighted by molar-refractivity contribution is 5.89. The lowest BCUT2D eigenvalue weighted by Gasteiger charge is -2.40. The van der Waals surface area contributed by atoms with Crippen LogP contribution in [-0.4, -0.2) is 67.5 Å². The Bertz CT molecular complexity index is 1960. The Labute approximate surface area is 333 Å². The number of esters is 2. The first-order chi connectivity index (χ1) is 27.7. The summed E-state index contributed by atoms with van der Waals surface area (Å²) < 4.78 is 52.9. The van der Waals surface area contributed by atoms with E-state index in [0.717, 1.165) is 22.3 Å². The van der Waals surface area contributed by atoms with E-state index in [4.69, 9.17) is 47.4 Å². The Balaban J connectivity index is 0.000000218. The Morgan fingerprint density at radius 3 is 1.56 bits per heavy atom. The molecule has 0 aliphatic carbocycles. The van der Waals surface area contributed by atoms with Gasteiger partial charge >= 0.3 is 11.9 Å². The Hall–Kier alpha value is -5.66. The van der Waals surface area contributed by atoms with Gasteiger partial charge in [-0.2, -0.15) is 0 Å². The van der Waals surface area contributed by atoms with Crippen LogP contribution < -0.4 is 28.4 Å². The molecular weight excluding hydrogens is 732 g/mol. The summed E-state index contributed by atoms with van der Waals surface area (Å²) in [6.45, 7) is 10.2. The fourth-order valence-corrected chi connectivity index (χ4v) is 6.99. The number of hydrogen-bond acceptors (Lipinski definition) is 12. The summed E-state index contributed by atoms with van der Waals surface area (Å²) in [6, 6.07) is 25.9. The van der Waals surface area contributed by atoms with Gasteiger partial charge in [-0.15, -0.1) is 13.2 Å². The molecule has 4 atom stereocenters. The highest BCUT2D eigenvalue weighted by Crippen LogP contribution is 2.50. The zero-order valence-corrected chi connectivity index (χ0v) is 33.0. The molecule has 302 valence electrons. The van der Waals surface area contributed by atoms with E-state index in [0.29, 0.717) is 47.3 Å². The van der Waals surface area contributed by atoms with Crippen molar-refractivity contribution in [3.05, 3.63) is 132 Å². The number of carbonyl (C=O) groups is 2.